The highest BCUT2D eigenvalue weighted by molar-refractivity contribution is 5.75. The van der Waals surface area contributed by atoms with Crippen LogP contribution in [0.25, 0.3) is 0 Å². The topological polar surface area (TPSA) is 72.9 Å². The fraction of sp³-hybridized carbons (Fsp3) is 0.833. The Morgan fingerprint density at radius 2 is 1.78 bits per heavy atom. The van der Waals surface area contributed by atoms with Crippen molar-refractivity contribution in [3.8, 4) is 0 Å². The Kier molecular flexibility index (Phi) is 4.95. The number of piperazine rings is 1. The molecule has 1 saturated heterocycles. The Bertz CT molecular complexity index is 310. The van der Waals surface area contributed by atoms with Gasteiger partial charge in [0, 0.05) is 38.1 Å². The summed E-state index contributed by atoms with van der Waals surface area (Å²) in [5.41, 5.74) is -0.487. The van der Waals surface area contributed by atoms with E-state index in [9.17, 15) is 9.59 Å². The number of carboxylic acid groups (broad SMARTS) is 1. The molecule has 6 nitrogen and oxygen atoms in total. The molecule has 1 fully saturated rings. The zero-order valence-corrected chi connectivity index (χ0v) is 11.4. The molecule has 0 unspecified atom stereocenters. The molecule has 0 atom stereocenters. The van der Waals surface area contributed by atoms with Gasteiger partial charge in [-0.3, -0.25) is 4.79 Å². The highest BCUT2D eigenvalue weighted by Crippen LogP contribution is 2.12. The van der Waals surface area contributed by atoms with Gasteiger partial charge in [0.05, 0.1) is 0 Å². The molecule has 1 aliphatic rings. The van der Waals surface area contributed by atoms with Crippen molar-refractivity contribution in [2.24, 2.45) is 0 Å². The quantitative estimate of drug-likeness (QED) is 0.773. The maximum absolute atomic E-state index is 12.0. The monoisotopic (exact) mass is 257 g/mol. The van der Waals surface area contributed by atoms with Gasteiger partial charge < -0.3 is 20.2 Å². The van der Waals surface area contributed by atoms with Gasteiger partial charge in [-0.15, -0.1) is 0 Å². The summed E-state index contributed by atoms with van der Waals surface area (Å²) >= 11 is 0. The third-order valence-electron chi connectivity index (χ3n) is 3.20. The maximum atomic E-state index is 12.0. The first kappa shape index (κ1) is 14.8. The molecule has 0 aliphatic carbocycles. The van der Waals surface area contributed by atoms with Crippen LogP contribution < -0.4 is 5.32 Å². The van der Waals surface area contributed by atoms with Crippen LogP contribution in [0.15, 0.2) is 0 Å². The van der Waals surface area contributed by atoms with E-state index in [1.807, 2.05) is 20.9 Å². The molecule has 1 aliphatic heterocycles. The van der Waals surface area contributed by atoms with Crippen LogP contribution in [0.4, 0.5) is 4.79 Å². The minimum Gasteiger partial charge on any atom is -0.481 e. The van der Waals surface area contributed by atoms with Gasteiger partial charge in [0.15, 0.2) is 0 Å². The second kappa shape index (κ2) is 6.04. The van der Waals surface area contributed by atoms with Crippen molar-refractivity contribution in [3.63, 3.8) is 0 Å². The van der Waals surface area contributed by atoms with E-state index in [2.05, 4.69) is 10.2 Å². The molecule has 1 heterocycles. The number of urea groups is 1. The fourth-order valence-electron chi connectivity index (χ4n) is 1.86. The number of amides is 2. The zero-order valence-electron chi connectivity index (χ0n) is 11.4. The summed E-state index contributed by atoms with van der Waals surface area (Å²) in [6.07, 6.45) is 0.498. The minimum absolute atomic E-state index is 0.0655. The van der Waals surface area contributed by atoms with Gasteiger partial charge >= 0.3 is 12.0 Å². The second-order valence-corrected chi connectivity index (χ2v) is 5.50. The number of carboxylic acids is 1. The predicted octanol–water partition coefficient (Wildman–Crippen LogP) is 0.587. The molecule has 18 heavy (non-hydrogen) atoms. The molecule has 0 aromatic rings. The van der Waals surface area contributed by atoms with Crippen LogP contribution in [0, 0.1) is 0 Å². The molecule has 2 N–H and O–H groups in total. The van der Waals surface area contributed by atoms with E-state index in [1.54, 1.807) is 4.90 Å². The standard InChI is InChI=1S/C12H23N3O3/c1-12(2,5-4-10(16)17)13-11(18)15-8-6-14(3)7-9-15/h4-9H2,1-3H3,(H,13,18)(H,16,17). The molecule has 0 radical (unpaired) electrons. The summed E-state index contributed by atoms with van der Waals surface area (Å²) < 4.78 is 0. The summed E-state index contributed by atoms with van der Waals surface area (Å²) in [5, 5.41) is 11.6. The Morgan fingerprint density at radius 1 is 1.22 bits per heavy atom. The van der Waals surface area contributed by atoms with E-state index in [0.29, 0.717) is 6.42 Å². The first-order valence-corrected chi connectivity index (χ1v) is 6.27. The van der Waals surface area contributed by atoms with Crippen LogP contribution in [0.3, 0.4) is 0 Å². The number of nitrogens with zero attached hydrogens (tertiary/aromatic N) is 2. The second-order valence-electron chi connectivity index (χ2n) is 5.50. The van der Waals surface area contributed by atoms with Gasteiger partial charge in [0.1, 0.15) is 0 Å². The van der Waals surface area contributed by atoms with Gasteiger partial charge in [-0.2, -0.15) is 0 Å². The Labute approximate surface area is 108 Å². The predicted molar refractivity (Wildman–Crippen MR) is 68.6 cm³/mol. The number of aliphatic carboxylic acids is 1. The van der Waals surface area contributed by atoms with E-state index >= 15 is 0 Å². The van der Waals surface area contributed by atoms with Gasteiger partial charge in [0.2, 0.25) is 0 Å². The summed E-state index contributed by atoms with van der Waals surface area (Å²) in [6.45, 7) is 6.90. The van der Waals surface area contributed by atoms with E-state index in [-0.39, 0.29) is 12.5 Å². The molecule has 0 saturated carbocycles. The molecule has 2 amide bonds. The normalized spacial score (nSPS) is 17.6. The van der Waals surface area contributed by atoms with Crippen LogP contribution in [-0.2, 0) is 4.79 Å². The number of nitrogens with one attached hydrogen (secondary N) is 1. The first-order chi connectivity index (χ1) is 8.30. The van der Waals surface area contributed by atoms with Crippen molar-refractivity contribution in [2.45, 2.75) is 32.2 Å². The molecule has 0 spiro atoms. The maximum Gasteiger partial charge on any atom is 0.317 e. The van der Waals surface area contributed by atoms with Crippen LogP contribution in [0.5, 0.6) is 0 Å². The van der Waals surface area contributed by atoms with Crippen molar-refractivity contribution in [1.29, 1.82) is 0 Å². The molecular weight excluding hydrogens is 234 g/mol. The van der Waals surface area contributed by atoms with Gasteiger partial charge in [0.25, 0.3) is 0 Å². The third-order valence-corrected chi connectivity index (χ3v) is 3.20. The average molecular weight is 257 g/mol. The van der Waals surface area contributed by atoms with Crippen molar-refractivity contribution in [2.75, 3.05) is 33.2 Å². The van der Waals surface area contributed by atoms with E-state index < -0.39 is 11.5 Å². The largest absolute Gasteiger partial charge is 0.481 e. The zero-order chi connectivity index (χ0) is 13.8. The van der Waals surface area contributed by atoms with Crippen molar-refractivity contribution >= 4 is 12.0 Å². The van der Waals surface area contributed by atoms with Gasteiger partial charge in [-0.25, -0.2) is 4.79 Å². The molecule has 0 aromatic heterocycles. The Hall–Kier alpha value is -1.30. The van der Waals surface area contributed by atoms with E-state index in [4.69, 9.17) is 5.11 Å². The van der Waals surface area contributed by atoms with E-state index in [1.165, 1.54) is 0 Å². The summed E-state index contributed by atoms with van der Waals surface area (Å²) in [4.78, 5) is 26.5. The van der Waals surface area contributed by atoms with Gasteiger partial charge in [-0.05, 0) is 27.3 Å². The number of likely N-dealkylation sites (N-methyl/N-ethyl adjacent to an activating group) is 1. The number of hydrogen-bond acceptors (Lipinski definition) is 3. The van der Waals surface area contributed by atoms with Crippen LogP contribution in [0.2, 0.25) is 0 Å². The van der Waals surface area contributed by atoms with Crippen molar-refractivity contribution < 1.29 is 14.7 Å². The lowest BCUT2D eigenvalue weighted by Gasteiger charge is -2.35. The average Bonchev–Trinajstić information content (AvgIpc) is 2.27. The summed E-state index contributed by atoms with van der Waals surface area (Å²) in [5.74, 6) is -0.836. The highest BCUT2D eigenvalue weighted by atomic mass is 16.4. The van der Waals surface area contributed by atoms with Gasteiger partial charge in [-0.1, -0.05) is 0 Å². The molecule has 6 heteroatoms. The van der Waals surface area contributed by atoms with Crippen molar-refractivity contribution in [3.05, 3.63) is 0 Å². The molecule has 104 valence electrons. The highest BCUT2D eigenvalue weighted by Gasteiger charge is 2.26. The van der Waals surface area contributed by atoms with Crippen LogP contribution in [-0.4, -0.2) is 65.7 Å². The number of hydrogen-bond donors (Lipinski definition) is 2. The first-order valence-electron chi connectivity index (χ1n) is 6.27. The molecule has 0 aromatic carbocycles. The SMILES string of the molecule is CN1CCN(C(=O)NC(C)(C)CCC(=O)O)CC1. The fourth-order valence-corrected chi connectivity index (χ4v) is 1.86. The summed E-state index contributed by atoms with van der Waals surface area (Å²) in [6, 6.07) is -0.0986. The minimum atomic E-state index is -0.836. The summed E-state index contributed by atoms with van der Waals surface area (Å²) in [7, 11) is 2.03. The van der Waals surface area contributed by atoms with Crippen molar-refractivity contribution in [1.82, 2.24) is 15.1 Å². The Balaban J connectivity index is 2.40. The number of carbonyl (C=O) groups excluding carboxylic acids is 1. The lowest BCUT2D eigenvalue weighted by atomic mass is 9.99. The molecule has 0 bridgehead atoms. The lowest BCUT2D eigenvalue weighted by Crippen LogP contribution is -2.55. The number of rotatable bonds is 4. The Morgan fingerprint density at radius 3 is 2.28 bits per heavy atom. The smallest absolute Gasteiger partial charge is 0.317 e. The van der Waals surface area contributed by atoms with Crippen LogP contribution >= 0.6 is 0 Å². The third kappa shape index (κ3) is 4.91. The number of carbonyl (C=O) groups is 2. The molecular formula is C12H23N3O3. The lowest BCUT2D eigenvalue weighted by molar-refractivity contribution is -0.137. The van der Waals surface area contributed by atoms with Crippen LogP contribution in [0.1, 0.15) is 26.7 Å². The van der Waals surface area contributed by atoms with E-state index in [0.717, 1.165) is 26.2 Å². The molecule has 1 rings (SSSR count).